The van der Waals surface area contributed by atoms with E-state index in [1.54, 1.807) is 18.2 Å². The molecule has 2 aromatic heterocycles. The lowest BCUT2D eigenvalue weighted by molar-refractivity contribution is -0.118. The van der Waals surface area contributed by atoms with E-state index in [4.69, 9.17) is 4.74 Å². The third-order valence-electron chi connectivity index (χ3n) is 3.96. The van der Waals surface area contributed by atoms with Gasteiger partial charge in [-0.05, 0) is 17.7 Å². The Balaban J connectivity index is 1.54. The summed E-state index contributed by atoms with van der Waals surface area (Å²) in [7, 11) is 1.51. The van der Waals surface area contributed by atoms with Gasteiger partial charge in [0.05, 0.1) is 18.4 Å². The van der Waals surface area contributed by atoms with Crippen LogP contribution in [0.3, 0.4) is 0 Å². The number of aromatic nitrogens is 4. The Hall–Kier alpha value is -3.69. The molecule has 0 aliphatic carbocycles. The van der Waals surface area contributed by atoms with Crippen molar-refractivity contribution in [3.63, 3.8) is 0 Å². The number of amides is 2. The van der Waals surface area contributed by atoms with Crippen molar-refractivity contribution in [3.05, 3.63) is 40.4 Å². The number of hydrogen-bond donors (Lipinski definition) is 3. The summed E-state index contributed by atoms with van der Waals surface area (Å²) >= 11 is 0. The molecule has 0 saturated carbocycles. The van der Waals surface area contributed by atoms with E-state index in [0.29, 0.717) is 17.0 Å². The van der Waals surface area contributed by atoms with Crippen molar-refractivity contribution < 1.29 is 14.3 Å². The van der Waals surface area contributed by atoms with Gasteiger partial charge in [-0.3, -0.25) is 24.3 Å². The van der Waals surface area contributed by atoms with Crippen LogP contribution < -0.4 is 20.9 Å². The van der Waals surface area contributed by atoms with Gasteiger partial charge in [-0.1, -0.05) is 6.07 Å². The number of hydrogen-bond acceptors (Lipinski definition) is 6. The van der Waals surface area contributed by atoms with E-state index in [0.717, 1.165) is 0 Å². The Kier molecular flexibility index (Phi) is 3.64. The summed E-state index contributed by atoms with van der Waals surface area (Å²) in [6.45, 7) is -0.0256. The number of nitrogens with zero attached hydrogens (tertiary/aromatic N) is 3. The average Bonchev–Trinajstić information content (AvgIpc) is 3.07. The second-order valence-electron chi connectivity index (χ2n) is 5.79. The number of carbonyl (C=O) groups excluding carboxylic acids is 2. The van der Waals surface area contributed by atoms with Crippen LogP contribution in [0, 0.1) is 0 Å². The molecule has 10 heteroatoms. The predicted molar refractivity (Wildman–Crippen MR) is 92.0 cm³/mol. The second kappa shape index (κ2) is 5.99. The molecule has 26 heavy (non-hydrogen) atoms. The number of carbonyl (C=O) groups is 2. The molecule has 1 aliphatic rings. The first-order valence-corrected chi connectivity index (χ1v) is 7.77. The third-order valence-corrected chi connectivity index (χ3v) is 3.96. The van der Waals surface area contributed by atoms with Crippen molar-refractivity contribution in [2.24, 2.45) is 7.05 Å². The van der Waals surface area contributed by atoms with Crippen LogP contribution in [-0.4, -0.2) is 37.9 Å². The minimum atomic E-state index is -0.356. The number of imidazole rings is 1. The van der Waals surface area contributed by atoms with E-state index in [1.165, 1.54) is 17.9 Å². The highest BCUT2D eigenvalue weighted by molar-refractivity contribution is 5.96. The molecule has 0 spiro atoms. The maximum Gasteiger partial charge on any atom is 0.280 e. The quantitative estimate of drug-likeness (QED) is 0.614. The molecule has 4 rings (SSSR count). The fourth-order valence-corrected chi connectivity index (χ4v) is 2.67. The molecular formula is C16H14N6O4. The Morgan fingerprint density at radius 2 is 2.23 bits per heavy atom. The zero-order valence-corrected chi connectivity index (χ0v) is 13.7. The lowest BCUT2D eigenvalue weighted by Crippen LogP contribution is -2.26. The Bertz CT molecular complexity index is 1100. The number of anilines is 2. The fraction of sp³-hybridized carbons (Fsp3) is 0.188. The van der Waals surface area contributed by atoms with Gasteiger partial charge in [0.25, 0.3) is 11.5 Å². The van der Waals surface area contributed by atoms with Crippen molar-refractivity contribution >= 4 is 34.6 Å². The maximum absolute atomic E-state index is 12.3. The molecule has 0 atom stereocenters. The van der Waals surface area contributed by atoms with Gasteiger partial charge in [-0.15, -0.1) is 0 Å². The van der Waals surface area contributed by atoms with Gasteiger partial charge >= 0.3 is 0 Å². The van der Waals surface area contributed by atoms with Gasteiger partial charge in [0.15, 0.2) is 17.8 Å². The molecule has 1 aliphatic heterocycles. The number of rotatable bonds is 3. The van der Waals surface area contributed by atoms with Crippen molar-refractivity contribution in [1.29, 1.82) is 0 Å². The van der Waals surface area contributed by atoms with Crippen LogP contribution in [-0.2, 0) is 23.1 Å². The summed E-state index contributed by atoms with van der Waals surface area (Å²) in [6.07, 6.45) is 1.41. The standard InChI is InChI=1S/C16H14N6O4/c1-22-15(25)13-14(18-7-17-13)21-16(22)20-11(23)5-8-2-3-10-9(4-8)19-12(24)6-26-10/h2-4,7H,5-6H2,1H3,(H,17,18)(H,19,24)(H,20,21,23). The van der Waals surface area contributed by atoms with E-state index in [1.807, 2.05) is 0 Å². The first kappa shape index (κ1) is 15.8. The summed E-state index contributed by atoms with van der Waals surface area (Å²) in [5.41, 5.74) is 1.37. The molecule has 0 bridgehead atoms. The smallest absolute Gasteiger partial charge is 0.280 e. The monoisotopic (exact) mass is 354 g/mol. The van der Waals surface area contributed by atoms with Crippen molar-refractivity contribution in [2.45, 2.75) is 6.42 Å². The molecule has 3 heterocycles. The summed E-state index contributed by atoms with van der Waals surface area (Å²) in [4.78, 5) is 46.7. The van der Waals surface area contributed by atoms with Gasteiger partial charge in [0, 0.05) is 7.05 Å². The zero-order chi connectivity index (χ0) is 18.3. The molecular weight excluding hydrogens is 340 g/mol. The number of nitrogens with one attached hydrogen (secondary N) is 3. The topological polar surface area (TPSA) is 131 Å². The average molecular weight is 354 g/mol. The number of fused-ring (bicyclic) bond motifs is 2. The molecule has 3 aromatic rings. The zero-order valence-electron chi connectivity index (χ0n) is 13.7. The highest BCUT2D eigenvalue weighted by Crippen LogP contribution is 2.28. The summed E-state index contributed by atoms with van der Waals surface area (Å²) in [5, 5.41) is 5.30. The van der Waals surface area contributed by atoms with E-state index in [2.05, 4.69) is 25.6 Å². The van der Waals surface area contributed by atoms with Gasteiger partial charge in [0.2, 0.25) is 11.9 Å². The number of aromatic amines is 1. The minimum Gasteiger partial charge on any atom is -0.482 e. The summed E-state index contributed by atoms with van der Waals surface area (Å²) < 4.78 is 6.52. The third kappa shape index (κ3) is 2.77. The molecule has 0 saturated heterocycles. The molecule has 132 valence electrons. The van der Waals surface area contributed by atoms with Crippen LogP contribution in [0.15, 0.2) is 29.3 Å². The SMILES string of the molecule is Cn1c(NC(=O)Cc2ccc3c(c2)NC(=O)CO3)nc2nc[nH]c2c1=O. The molecule has 3 N–H and O–H groups in total. The number of benzene rings is 1. The van der Waals surface area contributed by atoms with Crippen LogP contribution in [0.25, 0.3) is 11.2 Å². The molecule has 2 amide bonds. The van der Waals surface area contributed by atoms with Crippen LogP contribution in [0.5, 0.6) is 5.75 Å². The number of ether oxygens (including phenoxy) is 1. The second-order valence-corrected chi connectivity index (χ2v) is 5.79. The molecule has 0 fully saturated rings. The van der Waals surface area contributed by atoms with Gasteiger partial charge in [-0.25, -0.2) is 4.98 Å². The van der Waals surface area contributed by atoms with Crippen molar-refractivity contribution in [3.8, 4) is 5.75 Å². The van der Waals surface area contributed by atoms with Crippen LogP contribution in [0.2, 0.25) is 0 Å². The van der Waals surface area contributed by atoms with Crippen LogP contribution in [0.4, 0.5) is 11.6 Å². The van der Waals surface area contributed by atoms with E-state index in [-0.39, 0.29) is 47.5 Å². The molecule has 0 radical (unpaired) electrons. The van der Waals surface area contributed by atoms with Gasteiger partial charge < -0.3 is 15.0 Å². The van der Waals surface area contributed by atoms with Crippen molar-refractivity contribution in [1.82, 2.24) is 19.5 Å². The largest absolute Gasteiger partial charge is 0.482 e. The fourth-order valence-electron chi connectivity index (χ4n) is 2.67. The van der Waals surface area contributed by atoms with E-state index < -0.39 is 0 Å². The number of H-pyrrole nitrogens is 1. The summed E-state index contributed by atoms with van der Waals surface area (Å²) in [5.74, 6) is 0.0620. The first-order chi connectivity index (χ1) is 12.5. The summed E-state index contributed by atoms with van der Waals surface area (Å²) in [6, 6.07) is 5.11. The maximum atomic E-state index is 12.3. The molecule has 1 aromatic carbocycles. The minimum absolute atomic E-state index is 0.0256. The van der Waals surface area contributed by atoms with Gasteiger partial charge in [0.1, 0.15) is 5.75 Å². The van der Waals surface area contributed by atoms with E-state index in [9.17, 15) is 14.4 Å². The highest BCUT2D eigenvalue weighted by atomic mass is 16.5. The molecule has 10 nitrogen and oxygen atoms in total. The Morgan fingerprint density at radius 3 is 3.08 bits per heavy atom. The highest BCUT2D eigenvalue weighted by Gasteiger charge is 2.17. The lowest BCUT2D eigenvalue weighted by atomic mass is 10.1. The predicted octanol–water partition coefficient (Wildman–Crippen LogP) is 0.169. The normalized spacial score (nSPS) is 13.0. The van der Waals surface area contributed by atoms with Gasteiger partial charge in [-0.2, -0.15) is 4.98 Å². The Labute approximate surface area is 146 Å². The van der Waals surface area contributed by atoms with Crippen LogP contribution >= 0.6 is 0 Å². The van der Waals surface area contributed by atoms with E-state index >= 15 is 0 Å². The molecule has 0 unspecified atom stereocenters. The lowest BCUT2D eigenvalue weighted by Gasteiger charge is -2.18. The Morgan fingerprint density at radius 1 is 1.38 bits per heavy atom. The van der Waals surface area contributed by atoms with Crippen LogP contribution in [0.1, 0.15) is 5.56 Å². The van der Waals surface area contributed by atoms with Crippen molar-refractivity contribution in [2.75, 3.05) is 17.2 Å². The first-order valence-electron chi connectivity index (χ1n) is 7.77.